The maximum absolute atomic E-state index is 13.0. The molecule has 0 spiro atoms. The van der Waals surface area contributed by atoms with Crippen LogP contribution in [0.5, 0.6) is 0 Å². The van der Waals surface area contributed by atoms with Gasteiger partial charge in [0.05, 0.1) is 18.4 Å². The molecular formula is C24H40O5. The molecule has 0 aromatic heterocycles. The predicted octanol–water partition coefficient (Wildman–Crippen LogP) is 4.37. The molecule has 166 valence electrons. The lowest BCUT2D eigenvalue weighted by molar-refractivity contribution is -0.153. The third-order valence-electron chi connectivity index (χ3n) is 5.91. The van der Waals surface area contributed by atoms with Crippen molar-refractivity contribution in [1.29, 1.82) is 0 Å². The summed E-state index contributed by atoms with van der Waals surface area (Å²) in [6, 6.07) is 0. The highest BCUT2D eigenvalue weighted by Crippen LogP contribution is 2.48. The minimum absolute atomic E-state index is 0.0937. The van der Waals surface area contributed by atoms with Crippen molar-refractivity contribution in [1.82, 2.24) is 0 Å². The fourth-order valence-electron chi connectivity index (χ4n) is 4.28. The molecule has 2 atom stereocenters. The molecule has 0 saturated heterocycles. The van der Waals surface area contributed by atoms with Crippen LogP contribution < -0.4 is 0 Å². The van der Waals surface area contributed by atoms with E-state index in [0.29, 0.717) is 25.7 Å². The minimum atomic E-state index is -0.777. The summed E-state index contributed by atoms with van der Waals surface area (Å²) >= 11 is 0. The standard InChI is InChI=1S/C24H40O5/c1-23(2,14-9-11-18-26)19-20(22(28)29-3)24(16-12-13-21(24)27)15-8-6-4-5-7-10-17-25/h8-9,14-15,20,25-26H,4-7,10-13,16-19H2,1-3H3/t20-,24-/m1/s1. The van der Waals surface area contributed by atoms with Crippen LogP contribution in [0.1, 0.15) is 78.1 Å². The SMILES string of the molecule is COC(=O)[C@@H](CC(C)(C)C=CCCO)[C@@]1(C=CCCCCCCO)CCCC1=O. The van der Waals surface area contributed by atoms with Crippen LogP contribution in [0.3, 0.4) is 0 Å². The van der Waals surface area contributed by atoms with E-state index in [1.54, 1.807) is 0 Å². The number of Topliss-reactive ketones (excluding diaryl/α,β-unsaturated/α-hetero) is 1. The molecule has 5 heteroatoms. The van der Waals surface area contributed by atoms with Crippen LogP contribution in [0.15, 0.2) is 24.3 Å². The molecule has 0 radical (unpaired) electrons. The molecule has 0 bridgehead atoms. The third-order valence-corrected chi connectivity index (χ3v) is 5.91. The third kappa shape index (κ3) is 8.06. The van der Waals surface area contributed by atoms with Crippen LogP contribution in [-0.4, -0.2) is 42.3 Å². The van der Waals surface area contributed by atoms with Gasteiger partial charge in [-0.1, -0.05) is 51.0 Å². The maximum atomic E-state index is 13.0. The van der Waals surface area contributed by atoms with Crippen molar-refractivity contribution >= 4 is 11.8 Å². The fourth-order valence-corrected chi connectivity index (χ4v) is 4.28. The van der Waals surface area contributed by atoms with Crippen LogP contribution >= 0.6 is 0 Å². The summed E-state index contributed by atoms with van der Waals surface area (Å²) in [4.78, 5) is 25.7. The Hall–Kier alpha value is -1.46. The molecule has 29 heavy (non-hydrogen) atoms. The number of ketones is 1. The lowest BCUT2D eigenvalue weighted by atomic mass is 9.66. The molecule has 0 aromatic carbocycles. The highest BCUT2D eigenvalue weighted by atomic mass is 16.5. The molecule has 1 aliphatic carbocycles. The van der Waals surface area contributed by atoms with Crippen LogP contribution in [0.4, 0.5) is 0 Å². The Balaban J connectivity index is 2.99. The highest BCUT2D eigenvalue weighted by Gasteiger charge is 2.51. The monoisotopic (exact) mass is 408 g/mol. The predicted molar refractivity (Wildman–Crippen MR) is 115 cm³/mol. The van der Waals surface area contributed by atoms with Gasteiger partial charge < -0.3 is 14.9 Å². The Morgan fingerprint density at radius 3 is 2.45 bits per heavy atom. The van der Waals surface area contributed by atoms with E-state index in [4.69, 9.17) is 14.9 Å². The first-order valence-corrected chi connectivity index (χ1v) is 11.0. The average Bonchev–Trinajstić information content (AvgIpc) is 3.06. The van der Waals surface area contributed by atoms with E-state index in [2.05, 4.69) is 19.9 Å². The summed E-state index contributed by atoms with van der Waals surface area (Å²) in [6.07, 6.45) is 15.9. The fraction of sp³-hybridized carbons (Fsp3) is 0.750. The lowest BCUT2D eigenvalue weighted by Gasteiger charge is -2.36. The molecule has 0 unspecified atom stereocenters. The van der Waals surface area contributed by atoms with E-state index in [1.165, 1.54) is 7.11 Å². The second-order valence-corrected chi connectivity index (χ2v) is 8.83. The zero-order valence-electron chi connectivity index (χ0n) is 18.5. The molecule has 1 saturated carbocycles. The number of carbonyl (C=O) groups excluding carboxylic acids is 2. The summed E-state index contributed by atoms with van der Waals surface area (Å²) in [5.74, 6) is -0.696. The van der Waals surface area contributed by atoms with Crippen molar-refractivity contribution in [3.05, 3.63) is 24.3 Å². The number of carbonyl (C=O) groups is 2. The summed E-state index contributed by atoms with van der Waals surface area (Å²) < 4.78 is 5.13. The lowest BCUT2D eigenvalue weighted by Crippen LogP contribution is -2.41. The minimum Gasteiger partial charge on any atom is -0.469 e. The van der Waals surface area contributed by atoms with Gasteiger partial charge in [-0.05, 0) is 50.4 Å². The summed E-state index contributed by atoms with van der Waals surface area (Å²) in [5.41, 5.74) is -1.07. The summed E-state index contributed by atoms with van der Waals surface area (Å²) in [7, 11) is 1.39. The van der Waals surface area contributed by atoms with Crippen LogP contribution in [0.25, 0.3) is 0 Å². The average molecular weight is 409 g/mol. The second-order valence-electron chi connectivity index (χ2n) is 8.83. The number of methoxy groups -OCH3 is 1. The number of allylic oxidation sites excluding steroid dienone is 3. The molecule has 1 fully saturated rings. The number of hydrogen-bond donors (Lipinski definition) is 2. The molecule has 0 aromatic rings. The normalized spacial score (nSPS) is 21.3. The quantitative estimate of drug-likeness (QED) is 0.253. The van der Waals surface area contributed by atoms with Crippen molar-refractivity contribution in [3.63, 3.8) is 0 Å². The Kier molecular flexibility index (Phi) is 11.4. The van der Waals surface area contributed by atoms with E-state index < -0.39 is 11.3 Å². The zero-order chi connectivity index (χ0) is 21.8. The Morgan fingerprint density at radius 1 is 1.14 bits per heavy atom. The number of ether oxygens (including phenoxy) is 1. The van der Waals surface area contributed by atoms with Gasteiger partial charge >= 0.3 is 5.97 Å². The largest absolute Gasteiger partial charge is 0.469 e. The first-order valence-electron chi connectivity index (χ1n) is 11.0. The molecular weight excluding hydrogens is 368 g/mol. The summed E-state index contributed by atoms with van der Waals surface area (Å²) in [5, 5.41) is 17.9. The van der Waals surface area contributed by atoms with E-state index in [-0.39, 0.29) is 30.4 Å². The second kappa shape index (κ2) is 13.0. The van der Waals surface area contributed by atoms with Crippen LogP contribution in [-0.2, 0) is 14.3 Å². The first kappa shape index (κ1) is 25.6. The van der Waals surface area contributed by atoms with Gasteiger partial charge in [-0.25, -0.2) is 0 Å². The molecule has 5 nitrogen and oxygen atoms in total. The van der Waals surface area contributed by atoms with E-state index in [1.807, 2.05) is 18.2 Å². The number of aliphatic hydroxyl groups excluding tert-OH is 2. The molecule has 0 amide bonds. The van der Waals surface area contributed by atoms with Gasteiger partial charge in [0.15, 0.2) is 0 Å². The van der Waals surface area contributed by atoms with Crippen molar-refractivity contribution in [2.45, 2.75) is 78.1 Å². The van der Waals surface area contributed by atoms with E-state index >= 15 is 0 Å². The molecule has 0 heterocycles. The van der Waals surface area contributed by atoms with Gasteiger partial charge in [0.1, 0.15) is 5.78 Å². The van der Waals surface area contributed by atoms with Gasteiger partial charge in [0.2, 0.25) is 0 Å². The smallest absolute Gasteiger partial charge is 0.310 e. The number of rotatable bonds is 14. The summed E-state index contributed by atoms with van der Waals surface area (Å²) in [6.45, 7) is 4.43. The van der Waals surface area contributed by atoms with Crippen molar-refractivity contribution in [2.24, 2.45) is 16.7 Å². The number of hydrogen-bond acceptors (Lipinski definition) is 5. The first-order chi connectivity index (χ1) is 13.8. The van der Waals surface area contributed by atoms with Gasteiger partial charge in [-0.3, -0.25) is 9.59 Å². The Labute approximate surface area is 176 Å². The molecule has 1 rings (SSSR count). The topological polar surface area (TPSA) is 83.8 Å². The van der Waals surface area contributed by atoms with Gasteiger partial charge in [-0.2, -0.15) is 0 Å². The van der Waals surface area contributed by atoms with Crippen molar-refractivity contribution < 1.29 is 24.5 Å². The van der Waals surface area contributed by atoms with Gasteiger partial charge in [0.25, 0.3) is 0 Å². The number of esters is 1. The van der Waals surface area contributed by atoms with Crippen molar-refractivity contribution in [3.8, 4) is 0 Å². The van der Waals surface area contributed by atoms with E-state index in [0.717, 1.165) is 38.5 Å². The molecule has 0 aliphatic heterocycles. The van der Waals surface area contributed by atoms with Crippen molar-refractivity contribution in [2.75, 3.05) is 20.3 Å². The zero-order valence-corrected chi connectivity index (χ0v) is 18.5. The maximum Gasteiger partial charge on any atom is 0.310 e. The number of aliphatic hydroxyl groups is 2. The van der Waals surface area contributed by atoms with Gasteiger partial charge in [-0.15, -0.1) is 0 Å². The molecule has 1 aliphatic rings. The number of unbranched alkanes of at least 4 members (excludes halogenated alkanes) is 4. The Morgan fingerprint density at radius 2 is 1.86 bits per heavy atom. The van der Waals surface area contributed by atoms with Crippen LogP contribution in [0.2, 0.25) is 0 Å². The van der Waals surface area contributed by atoms with Gasteiger partial charge in [0, 0.05) is 19.6 Å². The Bertz CT molecular complexity index is 564. The highest BCUT2D eigenvalue weighted by molar-refractivity contribution is 5.93. The molecule has 2 N–H and O–H groups in total. The van der Waals surface area contributed by atoms with Crippen LogP contribution in [0, 0.1) is 16.7 Å². The van der Waals surface area contributed by atoms with E-state index in [9.17, 15) is 9.59 Å².